The lowest BCUT2D eigenvalue weighted by molar-refractivity contribution is -0.117. The first kappa shape index (κ1) is 14.9. The largest absolute Gasteiger partial charge is 0.333 e. The number of amides is 3. The summed E-state index contributed by atoms with van der Waals surface area (Å²) < 4.78 is 0. The van der Waals surface area contributed by atoms with Crippen LogP contribution in [0.4, 0.5) is 10.5 Å². The summed E-state index contributed by atoms with van der Waals surface area (Å²) in [7, 11) is 0. The normalized spacial score (nSPS) is 23.0. The second-order valence-corrected chi connectivity index (χ2v) is 6.36. The molecule has 0 aliphatic carbocycles. The van der Waals surface area contributed by atoms with Crippen molar-refractivity contribution >= 4 is 17.6 Å². The SMILES string of the molecule is CC1CCN(C(=O)N[C@H]2CC(=O)N(c3ccccc3)C2)CC1. The average Bonchev–Trinajstić information content (AvgIpc) is 2.89. The Kier molecular flexibility index (Phi) is 4.32. The van der Waals surface area contributed by atoms with Gasteiger partial charge in [-0.15, -0.1) is 0 Å². The van der Waals surface area contributed by atoms with Gasteiger partial charge in [0.15, 0.2) is 0 Å². The van der Waals surface area contributed by atoms with E-state index in [4.69, 9.17) is 0 Å². The summed E-state index contributed by atoms with van der Waals surface area (Å²) >= 11 is 0. The highest BCUT2D eigenvalue weighted by Crippen LogP contribution is 2.21. The molecule has 3 amide bonds. The van der Waals surface area contributed by atoms with Crippen molar-refractivity contribution in [3.63, 3.8) is 0 Å². The molecule has 0 unspecified atom stereocenters. The highest BCUT2D eigenvalue weighted by atomic mass is 16.2. The fraction of sp³-hybridized carbons (Fsp3) is 0.529. The number of benzene rings is 1. The Balaban J connectivity index is 1.56. The van der Waals surface area contributed by atoms with Gasteiger partial charge in [-0.05, 0) is 30.9 Å². The zero-order chi connectivity index (χ0) is 15.5. The third-order valence-electron chi connectivity index (χ3n) is 4.59. The standard InChI is InChI=1S/C17H23N3O2/c1-13-7-9-19(10-8-13)17(22)18-14-11-16(21)20(12-14)15-5-3-2-4-6-15/h2-6,13-14H,7-12H2,1H3,(H,18,22)/t14-/m0/s1. The Hall–Kier alpha value is -2.04. The van der Waals surface area contributed by atoms with E-state index in [1.54, 1.807) is 4.90 Å². The van der Waals surface area contributed by atoms with Crippen LogP contribution in [0, 0.1) is 5.92 Å². The Bertz CT molecular complexity index is 538. The van der Waals surface area contributed by atoms with Crippen LogP contribution in [0.3, 0.4) is 0 Å². The van der Waals surface area contributed by atoms with Crippen LogP contribution < -0.4 is 10.2 Å². The number of carbonyl (C=O) groups excluding carboxylic acids is 2. The van der Waals surface area contributed by atoms with Gasteiger partial charge in [-0.25, -0.2) is 4.79 Å². The summed E-state index contributed by atoms with van der Waals surface area (Å²) in [5.41, 5.74) is 0.899. The Morgan fingerprint density at radius 2 is 1.86 bits per heavy atom. The van der Waals surface area contributed by atoms with Gasteiger partial charge in [0, 0.05) is 31.7 Å². The predicted molar refractivity (Wildman–Crippen MR) is 85.7 cm³/mol. The fourth-order valence-corrected chi connectivity index (χ4v) is 3.14. The molecule has 2 saturated heterocycles. The smallest absolute Gasteiger partial charge is 0.317 e. The number of nitrogens with one attached hydrogen (secondary N) is 1. The molecule has 2 aliphatic rings. The molecule has 0 saturated carbocycles. The lowest BCUT2D eigenvalue weighted by atomic mass is 10.00. The van der Waals surface area contributed by atoms with Crippen LogP contribution in [0.1, 0.15) is 26.2 Å². The minimum Gasteiger partial charge on any atom is -0.333 e. The Labute approximate surface area is 131 Å². The van der Waals surface area contributed by atoms with Gasteiger partial charge in [0.05, 0.1) is 6.04 Å². The maximum Gasteiger partial charge on any atom is 0.317 e. The Morgan fingerprint density at radius 1 is 1.18 bits per heavy atom. The number of rotatable bonds is 2. The van der Waals surface area contributed by atoms with E-state index < -0.39 is 0 Å². The number of piperidine rings is 1. The second kappa shape index (κ2) is 6.38. The molecule has 118 valence electrons. The molecule has 1 aromatic rings. The van der Waals surface area contributed by atoms with Crippen LogP contribution >= 0.6 is 0 Å². The number of urea groups is 1. The van der Waals surface area contributed by atoms with Crippen LogP contribution in [0.25, 0.3) is 0 Å². The number of anilines is 1. The average molecular weight is 301 g/mol. The molecule has 1 aromatic carbocycles. The molecule has 2 heterocycles. The maximum atomic E-state index is 12.3. The van der Waals surface area contributed by atoms with Gasteiger partial charge in [-0.2, -0.15) is 0 Å². The molecule has 2 fully saturated rings. The highest BCUT2D eigenvalue weighted by Gasteiger charge is 2.32. The van der Waals surface area contributed by atoms with E-state index in [0.29, 0.717) is 18.9 Å². The van der Waals surface area contributed by atoms with E-state index in [2.05, 4.69) is 12.2 Å². The summed E-state index contributed by atoms with van der Waals surface area (Å²) in [4.78, 5) is 28.1. The first-order chi connectivity index (χ1) is 10.6. The molecule has 22 heavy (non-hydrogen) atoms. The number of para-hydroxylation sites is 1. The van der Waals surface area contributed by atoms with Crippen molar-refractivity contribution in [2.24, 2.45) is 5.92 Å². The summed E-state index contributed by atoms with van der Waals surface area (Å²) in [5.74, 6) is 0.773. The monoisotopic (exact) mass is 301 g/mol. The number of carbonyl (C=O) groups is 2. The zero-order valence-corrected chi connectivity index (χ0v) is 13.0. The summed E-state index contributed by atoms with van der Waals surface area (Å²) in [6.45, 7) is 4.41. The quantitative estimate of drug-likeness (QED) is 0.911. The third kappa shape index (κ3) is 3.24. The second-order valence-electron chi connectivity index (χ2n) is 6.36. The summed E-state index contributed by atoms with van der Waals surface area (Å²) in [6.07, 6.45) is 2.51. The van der Waals surface area contributed by atoms with E-state index in [1.165, 1.54) is 0 Å². The van der Waals surface area contributed by atoms with Gasteiger partial charge in [-0.1, -0.05) is 25.1 Å². The maximum absolute atomic E-state index is 12.3. The van der Waals surface area contributed by atoms with Gasteiger partial charge in [0.2, 0.25) is 5.91 Å². The molecular weight excluding hydrogens is 278 g/mol. The molecule has 2 aliphatic heterocycles. The molecule has 1 atom stereocenters. The molecule has 0 aromatic heterocycles. The van der Waals surface area contributed by atoms with Crippen LogP contribution in [0.2, 0.25) is 0 Å². The number of hydrogen-bond donors (Lipinski definition) is 1. The van der Waals surface area contributed by atoms with E-state index in [1.807, 2.05) is 35.2 Å². The highest BCUT2D eigenvalue weighted by molar-refractivity contribution is 5.96. The molecule has 5 heteroatoms. The van der Waals surface area contributed by atoms with Crippen molar-refractivity contribution in [2.75, 3.05) is 24.5 Å². The van der Waals surface area contributed by atoms with E-state index in [0.717, 1.165) is 31.6 Å². The van der Waals surface area contributed by atoms with Gasteiger partial charge >= 0.3 is 6.03 Å². The molecular formula is C17H23N3O2. The predicted octanol–water partition coefficient (Wildman–Crippen LogP) is 2.23. The molecule has 5 nitrogen and oxygen atoms in total. The van der Waals surface area contributed by atoms with Crippen LogP contribution in [-0.2, 0) is 4.79 Å². The third-order valence-corrected chi connectivity index (χ3v) is 4.59. The van der Waals surface area contributed by atoms with Crippen molar-refractivity contribution in [2.45, 2.75) is 32.2 Å². The van der Waals surface area contributed by atoms with E-state index in [-0.39, 0.29) is 18.0 Å². The van der Waals surface area contributed by atoms with Crippen molar-refractivity contribution in [1.82, 2.24) is 10.2 Å². The van der Waals surface area contributed by atoms with Gasteiger partial charge in [0.1, 0.15) is 0 Å². The molecule has 0 spiro atoms. The first-order valence-electron chi connectivity index (χ1n) is 8.04. The van der Waals surface area contributed by atoms with Gasteiger partial charge in [-0.3, -0.25) is 4.79 Å². The minimum atomic E-state index is -0.0976. The van der Waals surface area contributed by atoms with E-state index in [9.17, 15) is 9.59 Å². The van der Waals surface area contributed by atoms with Crippen molar-refractivity contribution < 1.29 is 9.59 Å². The van der Waals surface area contributed by atoms with Crippen molar-refractivity contribution in [3.05, 3.63) is 30.3 Å². The topological polar surface area (TPSA) is 52.7 Å². The van der Waals surface area contributed by atoms with Crippen LogP contribution in [-0.4, -0.2) is 42.5 Å². The zero-order valence-electron chi connectivity index (χ0n) is 13.0. The van der Waals surface area contributed by atoms with Crippen molar-refractivity contribution in [1.29, 1.82) is 0 Å². The molecule has 0 radical (unpaired) electrons. The molecule has 0 bridgehead atoms. The number of hydrogen-bond acceptors (Lipinski definition) is 2. The Morgan fingerprint density at radius 3 is 2.55 bits per heavy atom. The minimum absolute atomic E-state index is 0.0281. The molecule has 1 N–H and O–H groups in total. The lowest BCUT2D eigenvalue weighted by Crippen LogP contribution is -2.48. The first-order valence-corrected chi connectivity index (χ1v) is 8.04. The summed E-state index contributed by atoms with van der Waals surface area (Å²) in [6, 6.07) is 9.50. The van der Waals surface area contributed by atoms with Crippen molar-refractivity contribution in [3.8, 4) is 0 Å². The number of likely N-dealkylation sites (tertiary alicyclic amines) is 1. The summed E-state index contributed by atoms with van der Waals surface area (Å²) in [5, 5.41) is 3.02. The van der Waals surface area contributed by atoms with E-state index >= 15 is 0 Å². The van der Waals surface area contributed by atoms with Gasteiger partial charge in [0.25, 0.3) is 0 Å². The van der Waals surface area contributed by atoms with Gasteiger partial charge < -0.3 is 15.1 Å². The lowest BCUT2D eigenvalue weighted by Gasteiger charge is -2.31. The molecule has 3 rings (SSSR count). The fourth-order valence-electron chi connectivity index (χ4n) is 3.14. The number of nitrogens with zero attached hydrogens (tertiary/aromatic N) is 2. The van der Waals surface area contributed by atoms with Crippen LogP contribution in [0.15, 0.2) is 30.3 Å². The van der Waals surface area contributed by atoms with Crippen LogP contribution in [0.5, 0.6) is 0 Å².